The molecule has 1 N–H and O–H groups in total. The van der Waals surface area contributed by atoms with E-state index in [1.54, 1.807) is 0 Å². The normalized spacial score (nSPS) is 14.4. The number of nitrogens with zero attached hydrogens (tertiary/aromatic N) is 1. The molecule has 0 bridgehead atoms. The summed E-state index contributed by atoms with van der Waals surface area (Å²) in [5.74, 6) is 0.853. The van der Waals surface area contributed by atoms with Crippen LogP contribution in [0.3, 0.4) is 0 Å². The van der Waals surface area contributed by atoms with Crippen LogP contribution in [0.15, 0.2) is 24.3 Å². The summed E-state index contributed by atoms with van der Waals surface area (Å²) in [6.07, 6.45) is 3.76. The third-order valence-corrected chi connectivity index (χ3v) is 3.08. The van der Waals surface area contributed by atoms with Gasteiger partial charge in [0.25, 0.3) is 0 Å². The summed E-state index contributed by atoms with van der Waals surface area (Å²) in [5, 5.41) is 12.2. The second kappa shape index (κ2) is 7.15. The van der Waals surface area contributed by atoms with Gasteiger partial charge in [-0.1, -0.05) is 12.1 Å². The third-order valence-electron chi connectivity index (χ3n) is 3.08. The fraction of sp³-hybridized carbons (Fsp3) is 0.533. The summed E-state index contributed by atoms with van der Waals surface area (Å²) in [7, 11) is 0. The van der Waals surface area contributed by atoms with Gasteiger partial charge in [0, 0.05) is 19.8 Å². The Morgan fingerprint density at radius 1 is 1.39 bits per heavy atom. The first-order valence-corrected chi connectivity index (χ1v) is 6.66. The lowest BCUT2D eigenvalue weighted by Gasteiger charge is -2.06. The van der Waals surface area contributed by atoms with Crippen molar-refractivity contribution in [1.82, 2.24) is 5.32 Å². The first kappa shape index (κ1) is 13.1. The summed E-state index contributed by atoms with van der Waals surface area (Å²) in [6, 6.07) is 9.87. The van der Waals surface area contributed by atoms with Gasteiger partial charge in [-0.25, -0.2) is 0 Å². The summed E-state index contributed by atoms with van der Waals surface area (Å²) >= 11 is 0. The zero-order valence-electron chi connectivity index (χ0n) is 10.7. The minimum absolute atomic E-state index is 0.724. The largest absolute Gasteiger partial charge is 0.381 e. The second-order valence-corrected chi connectivity index (χ2v) is 4.86. The second-order valence-electron chi connectivity index (χ2n) is 4.86. The van der Waals surface area contributed by atoms with Crippen LogP contribution in [0.1, 0.15) is 30.4 Å². The molecule has 0 atom stereocenters. The Balaban J connectivity index is 1.52. The van der Waals surface area contributed by atoms with E-state index < -0.39 is 0 Å². The van der Waals surface area contributed by atoms with E-state index in [9.17, 15) is 0 Å². The van der Waals surface area contributed by atoms with E-state index in [1.165, 1.54) is 12.8 Å². The van der Waals surface area contributed by atoms with Crippen molar-refractivity contribution < 1.29 is 4.74 Å². The Morgan fingerprint density at radius 3 is 3.06 bits per heavy atom. The number of ether oxygens (including phenoxy) is 1. The minimum Gasteiger partial charge on any atom is -0.381 e. The van der Waals surface area contributed by atoms with Crippen LogP contribution in [0, 0.1) is 17.2 Å². The smallest absolute Gasteiger partial charge is 0.0991 e. The maximum atomic E-state index is 8.79. The van der Waals surface area contributed by atoms with E-state index in [1.807, 2.05) is 24.3 Å². The van der Waals surface area contributed by atoms with Crippen molar-refractivity contribution in [2.75, 3.05) is 19.8 Å². The average molecular weight is 244 g/mol. The number of hydrogen-bond acceptors (Lipinski definition) is 3. The zero-order valence-corrected chi connectivity index (χ0v) is 10.7. The molecule has 1 fully saturated rings. The molecule has 0 heterocycles. The Morgan fingerprint density at radius 2 is 2.28 bits per heavy atom. The van der Waals surface area contributed by atoms with Crippen LogP contribution in [-0.4, -0.2) is 19.8 Å². The number of benzene rings is 1. The molecule has 0 saturated heterocycles. The van der Waals surface area contributed by atoms with Crippen LogP contribution in [0.25, 0.3) is 0 Å². The number of rotatable bonds is 8. The fourth-order valence-electron chi connectivity index (χ4n) is 1.82. The van der Waals surface area contributed by atoms with Gasteiger partial charge < -0.3 is 10.1 Å². The van der Waals surface area contributed by atoms with E-state index in [4.69, 9.17) is 10.00 Å². The third kappa shape index (κ3) is 4.87. The maximum Gasteiger partial charge on any atom is 0.0991 e. The highest BCUT2D eigenvalue weighted by molar-refractivity contribution is 5.32. The first-order valence-electron chi connectivity index (χ1n) is 6.66. The molecular formula is C15H20N2O. The van der Waals surface area contributed by atoms with Gasteiger partial charge in [-0.3, -0.25) is 0 Å². The zero-order chi connectivity index (χ0) is 12.6. The van der Waals surface area contributed by atoms with Crippen LogP contribution in [0.5, 0.6) is 0 Å². The molecule has 96 valence electrons. The van der Waals surface area contributed by atoms with E-state index >= 15 is 0 Å². The van der Waals surface area contributed by atoms with Crippen molar-refractivity contribution in [3.05, 3.63) is 35.4 Å². The van der Waals surface area contributed by atoms with Gasteiger partial charge in [-0.15, -0.1) is 0 Å². The topological polar surface area (TPSA) is 45.0 Å². The maximum absolute atomic E-state index is 8.79. The molecule has 1 aromatic rings. The van der Waals surface area contributed by atoms with Crippen LogP contribution in [0.2, 0.25) is 0 Å². The Hall–Kier alpha value is -1.37. The quantitative estimate of drug-likeness (QED) is 0.714. The van der Waals surface area contributed by atoms with E-state index in [2.05, 4.69) is 11.4 Å². The predicted octanol–water partition coefficient (Wildman–Crippen LogP) is 2.46. The summed E-state index contributed by atoms with van der Waals surface area (Å²) in [5.41, 5.74) is 1.88. The van der Waals surface area contributed by atoms with Gasteiger partial charge >= 0.3 is 0 Å². The molecule has 0 radical (unpaired) electrons. The van der Waals surface area contributed by atoms with Crippen molar-refractivity contribution in [2.45, 2.75) is 25.8 Å². The van der Waals surface area contributed by atoms with E-state index in [0.717, 1.165) is 49.8 Å². The van der Waals surface area contributed by atoms with Gasteiger partial charge in [0.15, 0.2) is 0 Å². The van der Waals surface area contributed by atoms with Crippen LogP contribution in [-0.2, 0) is 11.3 Å². The molecule has 3 heteroatoms. The lowest BCUT2D eigenvalue weighted by Crippen LogP contribution is -2.16. The molecular weight excluding hydrogens is 224 g/mol. The molecule has 18 heavy (non-hydrogen) atoms. The highest BCUT2D eigenvalue weighted by Gasteiger charge is 2.20. The SMILES string of the molecule is N#Cc1cccc(CNCCCOCC2CC2)c1. The summed E-state index contributed by atoms with van der Waals surface area (Å²) < 4.78 is 5.56. The van der Waals surface area contributed by atoms with Crippen molar-refractivity contribution in [3.8, 4) is 6.07 Å². The molecule has 0 aliphatic heterocycles. The molecule has 0 unspecified atom stereocenters. The van der Waals surface area contributed by atoms with E-state index in [-0.39, 0.29) is 0 Å². The predicted molar refractivity (Wildman–Crippen MR) is 71.0 cm³/mol. The molecule has 2 rings (SSSR count). The van der Waals surface area contributed by atoms with Crippen molar-refractivity contribution in [1.29, 1.82) is 5.26 Å². The molecule has 3 nitrogen and oxygen atoms in total. The highest BCUT2D eigenvalue weighted by atomic mass is 16.5. The van der Waals surface area contributed by atoms with Gasteiger partial charge in [0.2, 0.25) is 0 Å². The number of nitriles is 1. The van der Waals surface area contributed by atoms with Crippen LogP contribution in [0.4, 0.5) is 0 Å². The highest BCUT2D eigenvalue weighted by Crippen LogP contribution is 2.28. The molecule has 1 aliphatic carbocycles. The average Bonchev–Trinajstić information content (AvgIpc) is 3.22. The van der Waals surface area contributed by atoms with Crippen molar-refractivity contribution in [2.24, 2.45) is 5.92 Å². The monoisotopic (exact) mass is 244 g/mol. The molecule has 0 amide bonds. The van der Waals surface area contributed by atoms with Gasteiger partial charge in [0.1, 0.15) is 0 Å². The Labute approximate surface area is 109 Å². The first-order chi connectivity index (χ1) is 8.88. The lowest BCUT2D eigenvalue weighted by atomic mass is 10.1. The van der Waals surface area contributed by atoms with Crippen LogP contribution < -0.4 is 5.32 Å². The van der Waals surface area contributed by atoms with E-state index in [0.29, 0.717) is 0 Å². The standard InChI is InChI=1S/C15H20N2O/c16-10-14-3-1-4-15(9-14)11-17-7-2-8-18-12-13-5-6-13/h1,3-4,9,13,17H,2,5-8,11-12H2. The Kier molecular flexibility index (Phi) is 5.19. The van der Waals surface area contributed by atoms with Crippen LogP contribution >= 0.6 is 0 Å². The van der Waals surface area contributed by atoms with Gasteiger partial charge in [-0.05, 0) is 49.4 Å². The lowest BCUT2D eigenvalue weighted by molar-refractivity contribution is 0.122. The van der Waals surface area contributed by atoms with Crippen molar-refractivity contribution in [3.63, 3.8) is 0 Å². The number of hydrogen-bond donors (Lipinski definition) is 1. The molecule has 0 spiro atoms. The van der Waals surface area contributed by atoms with Gasteiger partial charge in [0.05, 0.1) is 11.6 Å². The molecule has 1 aromatic carbocycles. The molecule has 1 aliphatic rings. The summed E-state index contributed by atoms with van der Waals surface area (Å²) in [4.78, 5) is 0. The molecule has 1 saturated carbocycles. The minimum atomic E-state index is 0.724. The Bertz CT molecular complexity index is 407. The molecule has 0 aromatic heterocycles. The van der Waals surface area contributed by atoms with Crippen molar-refractivity contribution >= 4 is 0 Å². The van der Waals surface area contributed by atoms with Gasteiger partial charge in [-0.2, -0.15) is 5.26 Å². The fourth-order valence-corrected chi connectivity index (χ4v) is 1.82. The summed E-state index contributed by atoms with van der Waals surface area (Å²) in [6.45, 7) is 3.57. The number of nitrogens with one attached hydrogen (secondary N) is 1.